The molecular formula is C29H41ClN6O2S. The number of carbonyl (C=O) groups excluding carboxylic acids is 2. The van der Waals surface area contributed by atoms with Gasteiger partial charge in [0.25, 0.3) is 0 Å². The van der Waals surface area contributed by atoms with Crippen molar-refractivity contribution in [2.24, 2.45) is 0 Å². The van der Waals surface area contributed by atoms with Gasteiger partial charge >= 0.3 is 0 Å². The van der Waals surface area contributed by atoms with Gasteiger partial charge in [-0.05, 0) is 31.7 Å². The lowest BCUT2D eigenvalue weighted by Crippen LogP contribution is -2.54. The van der Waals surface area contributed by atoms with Crippen molar-refractivity contribution in [2.45, 2.75) is 76.2 Å². The number of thioether (sulfide) groups is 1. The summed E-state index contributed by atoms with van der Waals surface area (Å²) in [5.41, 5.74) is 1.32. The monoisotopic (exact) mass is 572 g/mol. The Morgan fingerprint density at radius 1 is 1.08 bits per heavy atom. The zero-order chi connectivity index (χ0) is 27.6. The second-order valence-electron chi connectivity index (χ2n) is 10.6. The van der Waals surface area contributed by atoms with Crippen LogP contribution in [0, 0.1) is 0 Å². The van der Waals surface area contributed by atoms with Gasteiger partial charge < -0.3 is 15.1 Å². The van der Waals surface area contributed by atoms with E-state index in [0.29, 0.717) is 36.4 Å². The zero-order valence-electron chi connectivity index (χ0n) is 23.1. The molecule has 2 saturated heterocycles. The summed E-state index contributed by atoms with van der Waals surface area (Å²) in [6.07, 6.45) is 5.67. The number of piperidine rings is 1. The standard InChI is InChI=1S/C29H41ClN6O2S/c1-3-4-6-11-28(38)36-17-16-35(19-22(36)2)26-18-25(30)32-29(33-26)39-21-27(37)31-24-12-14-34(15-13-24)20-23-9-7-5-8-10-23/h5,7-10,18,22,24H,3-4,6,11-17,19-21H2,1-2H3,(H,31,37). The van der Waals surface area contributed by atoms with Crippen molar-refractivity contribution in [3.63, 3.8) is 0 Å². The molecule has 39 heavy (non-hydrogen) atoms. The van der Waals surface area contributed by atoms with E-state index in [2.05, 4.69) is 58.2 Å². The summed E-state index contributed by atoms with van der Waals surface area (Å²) >= 11 is 7.65. The number of benzene rings is 1. The lowest BCUT2D eigenvalue weighted by atomic mass is 10.0. The minimum atomic E-state index is -0.00421. The number of piperazine rings is 1. The molecule has 1 aromatic heterocycles. The fraction of sp³-hybridized carbons (Fsp3) is 0.586. The van der Waals surface area contributed by atoms with Crippen LogP contribution in [0.4, 0.5) is 5.82 Å². The minimum Gasteiger partial charge on any atom is -0.353 e. The number of likely N-dealkylation sites (tertiary alicyclic amines) is 1. The molecule has 1 unspecified atom stereocenters. The van der Waals surface area contributed by atoms with Gasteiger partial charge in [0.1, 0.15) is 11.0 Å². The fourth-order valence-electron chi connectivity index (χ4n) is 5.29. The van der Waals surface area contributed by atoms with E-state index in [1.165, 1.54) is 17.3 Å². The first-order chi connectivity index (χ1) is 18.9. The molecule has 3 heterocycles. The van der Waals surface area contributed by atoms with Crippen LogP contribution in [-0.4, -0.2) is 82.1 Å². The average molecular weight is 573 g/mol. The first-order valence-electron chi connectivity index (χ1n) is 14.2. The summed E-state index contributed by atoms with van der Waals surface area (Å²) in [5.74, 6) is 1.23. The van der Waals surface area contributed by atoms with Crippen molar-refractivity contribution in [1.82, 2.24) is 25.1 Å². The number of nitrogens with one attached hydrogen (secondary N) is 1. The Labute approximate surface area is 241 Å². The molecule has 0 spiro atoms. The van der Waals surface area contributed by atoms with E-state index in [0.717, 1.165) is 57.6 Å². The highest BCUT2D eigenvalue weighted by atomic mass is 35.5. The molecule has 2 aliphatic heterocycles. The van der Waals surface area contributed by atoms with Gasteiger partial charge in [-0.1, -0.05) is 73.5 Å². The van der Waals surface area contributed by atoms with Gasteiger partial charge in [0.2, 0.25) is 11.8 Å². The van der Waals surface area contributed by atoms with E-state index in [9.17, 15) is 9.59 Å². The number of unbranched alkanes of at least 4 members (excludes halogenated alkanes) is 2. The van der Waals surface area contributed by atoms with Gasteiger partial charge in [-0.25, -0.2) is 9.97 Å². The lowest BCUT2D eigenvalue weighted by molar-refractivity contribution is -0.133. The van der Waals surface area contributed by atoms with Crippen molar-refractivity contribution in [3.05, 3.63) is 47.1 Å². The van der Waals surface area contributed by atoms with Gasteiger partial charge in [0.05, 0.1) is 5.75 Å². The van der Waals surface area contributed by atoms with Gasteiger partial charge in [-0.2, -0.15) is 0 Å². The summed E-state index contributed by atoms with van der Waals surface area (Å²) < 4.78 is 0. The largest absolute Gasteiger partial charge is 0.353 e. The quantitative estimate of drug-likeness (QED) is 0.182. The SMILES string of the molecule is CCCCCC(=O)N1CCN(c2cc(Cl)nc(SCC(=O)NC3CCN(Cc4ccccc4)CC3)n2)CC1C. The van der Waals surface area contributed by atoms with Crippen LogP contribution in [0.25, 0.3) is 0 Å². The third-order valence-electron chi connectivity index (χ3n) is 7.46. The van der Waals surface area contributed by atoms with Gasteiger partial charge in [0, 0.05) is 63.8 Å². The van der Waals surface area contributed by atoms with Crippen LogP contribution in [0.5, 0.6) is 0 Å². The van der Waals surface area contributed by atoms with Crippen LogP contribution in [0.15, 0.2) is 41.6 Å². The Hall–Kier alpha value is -2.36. The summed E-state index contributed by atoms with van der Waals surface area (Å²) in [7, 11) is 0. The molecule has 0 bridgehead atoms. The molecule has 4 rings (SSSR count). The van der Waals surface area contributed by atoms with Gasteiger partial charge in [0.15, 0.2) is 5.16 Å². The smallest absolute Gasteiger partial charge is 0.230 e. The van der Waals surface area contributed by atoms with Crippen molar-refractivity contribution in [3.8, 4) is 0 Å². The van der Waals surface area contributed by atoms with Crippen LogP contribution in [0.3, 0.4) is 0 Å². The summed E-state index contributed by atoms with van der Waals surface area (Å²) in [6, 6.07) is 12.6. The van der Waals surface area contributed by atoms with E-state index in [1.54, 1.807) is 6.07 Å². The molecular weight excluding hydrogens is 532 g/mol. The molecule has 0 aliphatic carbocycles. The van der Waals surface area contributed by atoms with E-state index in [1.807, 2.05) is 11.0 Å². The molecule has 0 radical (unpaired) electrons. The Morgan fingerprint density at radius 3 is 2.56 bits per heavy atom. The highest BCUT2D eigenvalue weighted by Crippen LogP contribution is 2.25. The second-order valence-corrected chi connectivity index (χ2v) is 11.9. The second kappa shape index (κ2) is 14.9. The highest BCUT2D eigenvalue weighted by Gasteiger charge is 2.28. The predicted octanol–water partition coefficient (Wildman–Crippen LogP) is 4.62. The number of nitrogens with zero attached hydrogens (tertiary/aromatic N) is 5. The lowest BCUT2D eigenvalue weighted by Gasteiger charge is -2.40. The van der Waals surface area contributed by atoms with E-state index >= 15 is 0 Å². The number of hydrogen-bond acceptors (Lipinski definition) is 7. The summed E-state index contributed by atoms with van der Waals surface area (Å²) in [6.45, 7) is 9.20. The number of carbonyl (C=O) groups is 2. The molecule has 1 atom stereocenters. The van der Waals surface area contributed by atoms with Gasteiger partial charge in [-0.15, -0.1) is 0 Å². The molecule has 2 amide bonds. The van der Waals surface area contributed by atoms with E-state index in [-0.39, 0.29) is 29.7 Å². The van der Waals surface area contributed by atoms with Crippen LogP contribution in [0.1, 0.15) is 57.9 Å². The Morgan fingerprint density at radius 2 is 1.85 bits per heavy atom. The third kappa shape index (κ3) is 9.08. The van der Waals surface area contributed by atoms with E-state index in [4.69, 9.17) is 16.6 Å². The number of amides is 2. The van der Waals surface area contributed by atoms with Crippen molar-refractivity contribution >= 4 is 41.0 Å². The molecule has 2 fully saturated rings. The first kappa shape index (κ1) is 29.6. The molecule has 1 aromatic carbocycles. The molecule has 1 N–H and O–H groups in total. The van der Waals surface area contributed by atoms with Gasteiger partial charge in [-0.3, -0.25) is 14.5 Å². The summed E-state index contributed by atoms with van der Waals surface area (Å²) in [4.78, 5) is 40.9. The maximum atomic E-state index is 12.7. The average Bonchev–Trinajstić information content (AvgIpc) is 2.93. The molecule has 8 nitrogen and oxygen atoms in total. The first-order valence-corrected chi connectivity index (χ1v) is 15.5. The zero-order valence-corrected chi connectivity index (χ0v) is 24.7. The minimum absolute atomic E-state index is 0.00421. The third-order valence-corrected chi connectivity index (χ3v) is 8.50. The molecule has 2 aliphatic rings. The Bertz CT molecular complexity index is 1080. The van der Waals surface area contributed by atoms with Crippen LogP contribution in [0.2, 0.25) is 5.15 Å². The normalized spacial score (nSPS) is 18.8. The molecule has 2 aromatic rings. The van der Waals surface area contributed by atoms with Crippen LogP contribution in [-0.2, 0) is 16.1 Å². The number of aromatic nitrogens is 2. The number of halogens is 1. The summed E-state index contributed by atoms with van der Waals surface area (Å²) in [5, 5.41) is 4.04. The maximum Gasteiger partial charge on any atom is 0.230 e. The maximum absolute atomic E-state index is 12.7. The Kier molecular flexibility index (Phi) is 11.3. The number of hydrogen-bond donors (Lipinski definition) is 1. The Balaban J connectivity index is 1.22. The molecule has 10 heteroatoms. The van der Waals surface area contributed by atoms with Crippen molar-refractivity contribution in [1.29, 1.82) is 0 Å². The van der Waals surface area contributed by atoms with Crippen molar-refractivity contribution < 1.29 is 9.59 Å². The molecule has 0 saturated carbocycles. The fourth-order valence-corrected chi connectivity index (χ4v) is 6.19. The molecule has 212 valence electrons. The topological polar surface area (TPSA) is 81.7 Å². The predicted molar refractivity (Wildman–Crippen MR) is 158 cm³/mol. The van der Waals surface area contributed by atoms with E-state index < -0.39 is 0 Å². The highest BCUT2D eigenvalue weighted by molar-refractivity contribution is 7.99. The van der Waals surface area contributed by atoms with Crippen LogP contribution < -0.4 is 10.2 Å². The van der Waals surface area contributed by atoms with Crippen LogP contribution >= 0.6 is 23.4 Å². The number of anilines is 1. The number of rotatable bonds is 11. The van der Waals surface area contributed by atoms with Crippen molar-refractivity contribution in [2.75, 3.05) is 43.4 Å².